The minimum absolute atomic E-state index is 0.652. The lowest BCUT2D eigenvalue weighted by molar-refractivity contribution is 0.0914. The molecular weight excluding hydrogens is 256 g/mol. The number of aliphatic hydroxyl groups excluding tert-OH is 1. The van der Waals surface area contributed by atoms with Crippen LogP contribution in [-0.2, 0) is 4.74 Å². The summed E-state index contributed by atoms with van der Waals surface area (Å²) in [7, 11) is 0. The molecule has 1 heterocycles. The lowest BCUT2D eigenvalue weighted by atomic mass is 10.1. The third kappa shape index (κ3) is 2.41. The molecule has 1 aromatic rings. The second kappa shape index (κ2) is 4.81. The zero-order chi connectivity index (χ0) is 10.7. The minimum atomic E-state index is -0.652. The Labute approximate surface area is 97.7 Å². The van der Waals surface area contributed by atoms with Crippen LogP contribution in [0.25, 0.3) is 0 Å². The molecule has 0 amide bonds. The molecule has 0 saturated heterocycles. The molecule has 1 aliphatic heterocycles. The van der Waals surface area contributed by atoms with Crippen molar-refractivity contribution in [2.75, 3.05) is 6.61 Å². The predicted molar refractivity (Wildman–Crippen MR) is 62.4 cm³/mol. The Bertz CT molecular complexity index is 374. The van der Waals surface area contributed by atoms with E-state index in [1.54, 1.807) is 0 Å². The van der Waals surface area contributed by atoms with Crippen LogP contribution in [0.3, 0.4) is 0 Å². The van der Waals surface area contributed by atoms with Crippen molar-refractivity contribution in [1.82, 2.24) is 0 Å². The van der Waals surface area contributed by atoms with Crippen molar-refractivity contribution in [3.63, 3.8) is 0 Å². The van der Waals surface area contributed by atoms with Gasteiger partial charge in [0.1, 0.15) is 11.9 Å². The second-order valence-electron chi connectivity index (χ2n) is 3.52. The highest BCUT2D eigenvalue weighted by Gasteiger charge is 2.18. The summed E-state index contributed by atoms with van der Waals surface area (Å²) in [6, 6.07) is 7.65. The summed E-state index contributed by atoms with van der Waals surface area (Å²) in [6.45, 7) is 0.702. The number of allylic oxidation sites excluding steroid dienone is 1. The molecule has 2 nitrogen and oxygen atoms in total. The molecule has 1 aliphatic rings. The van der Waals surface area contributed by atoms with E-state index >= 15 is 0 Å². The minimum Gasteiger partial charge on any atom is -0.495 e. The van der Waals surface area contributed by atoms with Crippen molar-refractivity contribution in [2.24, 2.45) is 0 Å². The van der Waals surface area contributed by atoms with Gasteiger partial charge in [-0.25, -0.2) is 0 Å². The van der Waals surface area contributed by atoms with E-state index in [-0.39, 0.29) is 0 Å². The van der Waals surface area contributed by atoms with Gasteiger partial charge >= 0.3 is 0 Å². The van der Waals surface area contributed by atoms with Gasteiger partial charge in [0, 0.05) is 10.0 Å². The van der Waals surface area contributed by atoms with Gasteiger partial charge in [0.2, 0.25) is 0 Å². The normalized spacial score (nSPS) is 17.9. The van der Waals surface area contributed by atoms with Crippen molar-refractivity contribution < 1.29 is 9.84 Å². The third-order valence-electron chi connectivity index (χ3n) is 2.43. The average Bonchev–Trinajstić information content (AvgIpc) is 2.30. The molecule has 1 N–H and O–H groups in total. The van der Waals surface area contributed by atoms with E-state index < -0.39 is 6.10 Å². The number of aliphatic hydroxyl groups is 1. The molecule has 0 bridgehead atoms. The standard InChI is InChI=1S/C12H13BrO2/c13-10-6-2-1-5-9(10)12(14)11-7-3-4-8-15-11/h1-2,5-7,12,14H,3-4,8H2. The van der Waals surface area contributed by atoms with Gasteiger partial charge in [-0.1, -0.05) is 34.1 Å². The quantitative estimate of drug-likeness (QED) is 0.893. The lowest BCUT2D eigenvalue weighted by Gasteiger charge is -2.20. The number of rotatable bonds is 2. The molecule has 80 valence electrons. The number of ether oxygens (including phenoxy) is 1. The van der Waals surface area contributed by atoms with Crippen LogP contribution >= 0.6 is 15.9 Å². The van der Waals surface area contributed by atoms with E-state index in [0.29, 0.717) is 12.4 Å². The molecule has 1 unspecified atom stereocenters. The van der Waals surface area contributed by atoms with Crippen LogP contribution < -0.4 is 0 Å². The second-order valence-corrected chi connectivity index (χ2v) is 4.38. The summed E-state index contributed by atoms with van der Waals surface area (Å²) >= 11 is 3.42. The van der Waals surface area contributed by atoms with Crippen LogP contribution in [0.4, 0.5) is 0 Å². The van der Waals surface area contributed by atoms with Crippen LogP contribution in [0.15, 0.2) is 40.6 Å². The summed E-state index contributed by atoms with van der Waals surface area (Å²) < 4.78 is 6.35. The van der Waals surface area contributed by atoms with Gasteiger partial charge in [-0.3, -0.25) is 0 Å². The molecule has 0 fully saturated rings. The fourth-order valence-electron chi connectivity index (χ4n) is 1.62. The Morgan fingerprint density at radius 1 is 1.33 bits per heavy atom. The Balaban J connectivity index is 2.23. The topological polar surface area (TPSA) is 29.5 Å². The van der Waals surface area contributed by atoms with Crippen LogP contribution in [0, 0.1) is 0 Å². The zero-order valence-electron chi connectivity index (χ0n) is 8.32. The Hall–Kier alpha value is -0.800. The van der Waals surface area contributed by atoms with Crippen LogP contribution in [-0.4, -0.2) is 11.7 Å². The Kier molecular flexibility index (Phi) is 3.44. The van der Waals surface area contributed by atoms with E-state index in [0.717, 1.165) is 22.9 Å². The smallest absolute Gasteiger partial charge is 0.137 e. The number of halogens is 1. The Morgan fingerprint density at radius 2 is 2.13 bits per heavy atom. The first-order valence-corrected chi connectivity index (χ1v) is 5.83. The average molecular weight is 269 g/mol. The van der Waals surface area contributed by atoms with Gasteiger partial charge in [-0.15, -0.1) is 0 Å². The molecule has 0 saturated carbocycles. The maximum Gasteiger partial charge on any atom is 0.137 e. The zero-order valence-corrected chi connectivity index (χ0v) is 9.90. The summed E-state index contributed by atoms with van der Waals surface area (Å²) in [6.07, 6.45) is 3.33. The van der Waals surface area contributed by atoms with Crippen molar-refractivity contribution >= 4 is 15.9 Å². The first kappa shape index (κ1) is 10.7. The highest BCUT2D eigenvalue weighted by molar-refractivity contribution is 9.10. The molecule has 0 aromatic heterocycles. The van der Waals surface area contributed by atoms with Crippen molar-refractivity contribution in [3.05, 3.63) is 46.1 Å². The number of benzene rings is 1. The van der Waals surface area contributed by atoms with Crippen LogP contribution in [0.1, 0.15) is 24.5 Å². The maximum atomic E-state index is 10.1. The first-order valence-electron chi connectivity index (χ1n) is 5.04. The van der Waals surface area contributed by atoms with Gasteiger partial charge in [0.25, 0.3) is 0 Å². The molecule has 1 atom stereocenters. The van der Waals surface area contributed by atoms with Gasteiger partial charge < -0.3 is 9.84 Å². The van der Waals surface area contributed by atoms with E-state index in [9.17, 15) is 5.11 Å². The summed E-state index contributed by atoms with van der Waals surface area (Å²) in [5, 5.41) is 10.1. The largest absolute Gasteiger partial charge is 0.495 e. The van der Waals surface area contributed by atoms with E-state index in [1.165, 1.54) is 0 Å². The summed E-state index contributed by atoms with van der Waals surface area (Å²) in [5.41, 5.74) is 0.852. The molecule has 2 rings (SSSR count). The molecule has 0 spiro atoms. The van der Waals surface area contributed by atoms with Gasteiger partial charge in [-0.2, -0.15) is 0 Å². The van der Waals surface area contributed by atoms with E-state index in [2.05, 4.69) is 15.9 Å². The van der Waals surface area contributed by atoms with Gasteiger partial charge in [-0.05, 0) is 25.0 Å². The number of hydrogen-bond donors (Lipinski definition) is 1. The van der Waals surface area contributed by atoms with Crippen molar-refractivity contribution in [2.45, 2.75) is 18.9 Å². The molecule has 3 heteroatoms. The lowest BCUT2D eigenvalue weighted by Crippen LogP contribution is -2.10. The molecular formula is C12H13BrO2. The highest BCUT2D eigenvalue weighted by atomic mass is 79.9. The fraction of sp³-hybridized carbons (Fsp3) is 0.333. The van der Waals surface area contributed by atoms with Gasteiger partial charge in [0.05, 0.1) is 6.61 Å². The van der Waals surface area contributed by atoms with E-state index in [4.69, 9.17) is 4.74 Å². The van der Waals surface area contributed by atoms with Crippen molar-refractivity contribution in [1.29, 1.82) is 0 Å². The summed E-state index contributed by atoms with van der Waals surface area (Å²) in [4.78, 5) is 0. The monoisotopic (exact) mass is 268 g/mol. The summed E-state index contributed by atoms with van der Waals surface area (Å²) in [5.74, 6) is 0.674. The maximum absolute atomic E-state index is 10.1. The fourth-order valence-corrected chi connectivity index (χ4v) is 2.12. The highest BCUT2D eigenvalue weighted by Crippen LogP contribution is 2.30. The molecule has 0 radical (unpaired) electrons. The SMILES string of the molecule is OC(C1=CCCCO1)c1ccccc1Br. The van der Waals surface area contributed by atoms with Crippen LogP contribution in [0.5, 0.6) is 0 Å². The third-order valence-corrected chi connectivity index (χ3v) is 3.15. The number of hydrogen-bond acceptors (Lipinski definition) is 2. The molecule has 1 aromatic carbocycles. The predicted octanol–water partition coefficient (Wildman–Crippen LogP) is 3.18. The van der Waals surface area contributed by atoms with E-state index in [1.807, 2.05) is 30.3 Å². The molecule has 15 heavy (non-hydrogen) atoms. The van der Waals surface area contributed by atoms with Crippen LogP contribution in [0.2, 0.25) is 0 Å². The molecule has 0 aliphatic carbocycles. The Morgan fingerprint density at radius 3 is 2.80 bits per heavy atom. The first-order chi connectivity index (χ1) is 7.29. The van der Waals surface area contributed by atoms with Gasteiger partial charge in [0.15, 0.2) is 0 Å². The van der Waals surface area contributed by atoms with Crippen molar-refractivity contribution in [3.8, 4) is 0 Å².